The molecule has 4 nitrogen and oxygen atoms in total. The highest BCUT2D eigenvalue weighted by Gasteiger charge is 2.14. The molecule has 2 heterocycles. The third-order valence-electron chi connectivity index (χ3n) is 5.82. The van der Waals surface area contributed by atoms with Gasteiger partial charge in [-0.25, -0.2) is 4.39 Å². The summed E-state index contributed by atoms with van der Waals surface area (Å²) in [5.74, 6) is -0.253. The smallest absolute Gasteiger partial charge is 0.123 e. The standard InChI is InChI=1S/C28H23FN4/c1-3-17(14-21(30)4-2)18-11-12-26-24(15-18)28(33-32-26)27-16-23-22(9-6-10-25(23)31-27)19-7-5-8-20(29)13-19/h3-16,31H,2,30H2,1H3,(H,32,33)/b17-3+,21-14+. The van der Waals surface area contributed by atoms with Gasteiger partial charge >= 0.3 is 0 Å². The van der Waals surface area contributed by atoms with Gasteiger partial charge in [0.25, 0.3) is 0 Å². The van der Waals surface area contributed by atoms with E-state index in [1.54, 1.807) is 18.2 Å². The lowest BCUT2D eigenvalue weighted by molar-refractivity contribution is 0.628. The number of benzene rings is 3. The topological polar surface area (TPSA) is 70.5 Å². The fraction of sp³-hybridized carbons (Fsp3) is 0.0357. The molecule has 0 aliphatic heterocycles. The lowest BCUT2D eigenvalue weighted by atomic mass is 10.0. The zero-order valence-corrected chi connectivity index (χ0v) is 18.2. The Morgan fingerprint density at radius 2 is 1.85 bits per heavy atom. The van der Waals surface area contributed by atoms with Crippen LogP contribution in [0.25, 0.3) is 49.9 Å². The van der Waals surface area contributed by atoms with Gasteiger partial charge in [-0.15, -0.1) is 0 Å². The molecule has 0 saturated carbocycles. The molecule has 4 N–H and O–H groups in total. The number of hydrogen-bond donors (Lipinski definition) is 3. The van der Waals surface area contributed by atoms with Crippen LogP contribution in [-0.4, -0.2) is 15.2 Å². The van der Waals surface area contributed by atoms with Gasteiger partial charge in [0, 0.05) is 22.0 Å². The molecule has 5 aromatic rings. The molecule has 3 aromatic carbocycles. The number of nitrogens with two attached hydrogens (primary N) is 1. The average Bonchev–Trinajstić information content (AvgIpc) is 3.45. The Kier molecular flexibility index (Phi) is 5.15. The Labute approximate surface area is 191 Å². The van der Waals surface area contributed by atoms with Gasteiger partial charge in [0.2, 0.25) is 0 Å². The molecule has 0 radical (unpaired) electrons. The Morgan fingerprint density at radius 1 is 1.00 bits per heavy atom. The number of halogens is 1. The number of hydrogen-bond acceptors (Lipinski definition) is 2. The monoisotopic (exact) mass is 434 g/mol. The van der Waals surface area contributed by atoms with Crippen LogP contribution in [0.15, 0.2) is 97.2 Å². The second kappa shape index (κ2) is 8.28. The van der Waals surface area contributed by atoms with E-state index < -0.39 is 0 Å². The van der Waals surface area contributed by atoms with Crippen molar-refractivity contribution >= 4 is 27.4 Å². The van der Waals surface area contributed by atoms with E-state index in [0.717, 1.165) is 55.5 Å². The minimum atomic E-state index is -0.253. The Balaban J connectivity index is 1.64. The number of fused-ring (bicyclic) bond motifs is 2. The number of nitrogens with one attached hydrogen (secondary N) is 2. The van der Waals surface area contributed by atoms with Gasteiger partial charge in [-0.3, -0.25) is 5.10 Å². The van der Waals surface area contributed by atoms with Crippen LogP contribution in [0.5, 0.6) is 0 Å². The molecule has 0 saturated heterocycles. The fourth-order valence-electron chi connectivity index (χ4n) is 4.16. The molecule has 0 fully saturated rings. The van der Waals surface area contributed by atoms with E-state index in [1.165, 1.54) is 6.07 Å². The Morgan fingerprint density at radius 3 is 2.64 bits per heavy atom. The molecular weight excluding hydrogens is 411 g/mol. The molecule has 0 bridgehead atoms. The molecule has 33 heavy (non-hydrogen) atoms. The zero-order chi connectivity index (χ0) is 22.9. The minimum Gasteiger partial charge on any atom is -0.399 e. The van der Waals surface area contributed by atoms with Gasteiger partial charge in [-0.2, -0.15) is 5.10 Å². The maximum absolute atomic E-state index is 13.8. The largest absolute Gasteiger partial charge is 0.399 e. The second-order valence-corrected chi connectivity index (χ2v) is 7.89. The molecule has 0 spiro atoms. The normalized spacial score (nSPS) is 12.5. The summed E-state index contributed by atoms with van der Waals surface area (Å²) in [5, 5.41) is 9.73. The first-order valence-corrected chi connectivity index (χ1v) is 10.7. The summed E-state index contributed by atoms with van der Waals surface area (Å²) in [4.78, 5) is 3.48. The van der Waals surface area contributed by atoms with Crippen LogP contribution in [0, 0.1) is 5.82 Å². The highest BCUT2D eigenvalue weighted by molar-refractivity contribution is 6.01. The number of aromatic amines is 2. The first kappa shape index (κ1) is 20.5. The molecule has 2 aromatic heterocycles. The average molecular weight is 435 g/mol. The predicted molar refractivity (Wildman–Crippen MR) is 135 cm³/mol. The van der Waals surface area contributed by atoms with E-state index >= 15 is 0 Å². The van der Waals surface area contributed by atoms with Crippen molar-refractivity contribution in [2.75, 3.05) is 0 Å². The summed E-state index contributed by atoms with van der Waals surface area (Å²) in [7, 11) is 0. The minimum absolute atomic E-state index is 0.253. The Hall–Kier alpha value is -4.38. The van der Waals surface area contributed by atoms with Crippen molar-refractivity contribution in [1.82, 2.24) is 15.2 Å². The van der Waals surface area contributed by atoms with E-state index in [0.29, 0.717) is 5.70 Å². The number of allylic oxidation sites excluding steroid dienone is 4. The van der Waals surface area contributed by atoms with Crippen molar-refractivity contribution in [2.24, 2.45) is 5.73 Å². The van der Waals surface area contributed by atoms with Crippen molar-refractivity contribution in [3.63, 3.8) is 0 Å². The van der Waals surface area contributed by atoms with E-state index in [-0.39, 0.29) is 5.82 Å². The summed E-state index contributed by atoms with van der Waals surface area (Å²) in [6.07, 6.45) is 5.56. The van der Waals surface area contributed by atoms with Crippen molar-refractivity contribution in [2.45, 2.75) is 6.92 Å². The van der Waals surface area contributed by atoms with E-state index in [9.17, 15) is 4.39 Å². The fourth-order valence-corrected chi connectivity index (χ4v) is 4.16. The highest BCUT2D eigenvalue weighted by Crippen LogP contribution is 2.35. The van der Waals surface area contributed by atoms with Crippen LogP contribution in [0.2, 0.25) is 0 Å². The van der Waals surface area contributed by atoms with Crippen LogP contribution in [0.4, 0.5) is 4.39 Å². The van der Waals surface area contributed by atoms with Gasteiger partial charge in [0.1, 0.15) is 11.5 Å². The summed E-state index contributed by atoms with van der Waals surface area (Å²) < 4.78 is 13.8. The quantitative estimate of drug-likeness (QED) is 0.262. The van der Waals surface area contributed by atoms with Crippen LogP contribution >= 0.6 is 0 Å². The molecule has 5 heteroatoms. The molecule has 0 amide bonds. The summed E-state index contributed by atoms with van der Waals surface area (Å²) >= 11 is 0. The summed E-state index contributed by atoms with van der Waals surface area (Å²) in [6.45, 7) is 5.71. The van der Waals surface area contributed by atoms with Crippen molar-refractivity contribution < 1.29 is 4.39 Å². The predicted octanol–water partition coefficient (Wildman–Crippen LogP) is 6.95. The van der Waals surface area contributed by atoms with Crippen molar-refractivity contribution in [3.05, 3.63) is 109 Å². The third kappa shape index (κ3) is 3.74. The molecule has 0 unspecified atom stereocenters. The van der Waals surface area contributed by atoms with Crippen LogP contribution < -0.4 is 5.73 Å². The van der Waals surface area contributed by atoms with Crippen molar-refractivity contribution in [3.8, 4) is 22.5 Å². The Bertz CT molecular complexity index is 1570. The number of aromatic nitrogens is 3. The number of nitrogens with zero attached hydrogens (tertiary/aromatic N) is 1. The molecule has 0 aliphatic rings. The van der Waals surface area contributed by atoms with Gasteiger partial charge in [-0.1, -0.05) is 43.0 Å². The van der Waals surface area contributed by atoms with Crippen LogP contribution in [-0.2, 0) is 0 Å². The maximum Gasteiger partial charge on any atom is 0.123 e. The molecule has 0 atom stereocenters. The van der Waals surface area contributed by atoms with Crippen LogP contribution in [0.3, 0.4) is 0 Å². The first-order chi connectivity index (χ1) is 16.1. The maximum atomic E-state index is 13.8. The van der Waals surface area contributed by atoms with Gasteiger partial charge < -0.3 is 10.7 Å². The van der Waals surface area contributed by atoms with E-state index in [2.05, 4.69) is 33.9 Å². The van der Waals surface area contributed by atoms with Gasteiger partial charge in [0.05, 0.1) is 11.2 Å². The summed E-state index contributed by atoms with van der Waals surface area (Å²) in [6, 6.07) is 20.9. The van der Waals surface area contributed by atoms with E-state index in [4.69, 9.17) is 5.73 Å². The van der Waals surface area contributed by atoms with Gasteiger partial charge in [-0.05, 0) is 77.7 Å². The number of rotatable bonds is 5. The molecular formula is C28H23FN4. The zero-order valence-electron chi connectivity index (χ0n) is 18.2. The lowest BCUT2D eigenvalue weighted by Gasteiger charge is -2.04. The number of H-pyrrole nitrogens is 2. The lowest BCUT2D eigenvalue weighted by Crippen LogP contribution is -1.93. The summed E-state index contributed by atoms with van der Waals surface area (Å²) in [5.41, 5.74) is 14.0. The van der Waals surface area contributed by atoms with Crippen LogP contribution in [0.1, 0.15) is 12.5 Å². The molecule has 0 aliphatic carbocycles. The van der Waals surface area contributed by atoms with Gasteiger partial charge in [0.15, 0.2) is 0 Å². The third-order valence-corrected chi connectivity index (χ3v) is 5.82. The molecule has 162 valence electrons. The first-order valence-electron chi connectivity index (χ1n) is 10.7. The van der Waals surface area contributed by atoms with Crippen molar-refractivity contribution in [1.29, 1.82) is 0 Å². The second-order valence-electron chi connectivity index (χ2n) is 7.89. The SMILES string of the molecule is C=C/C(N)=C\C(=C/C)c1ccc2[nH]nc(-c3cc4c(-c5cccc(F)c5)cccc4[nH]3)c2c1. The van der Waals surface area contributed by atoms with E-state index in [1.807, 2.05) is 55.5 Å². The highest BCUT2D eigenvalue weighted by atomic mass is 19.1. The molecule has 5 rings (SSSR count).